The number of rotatable bonds is 4. The lowest BCUT2D eigenvalue weighted by molar-refractivity contribution is -0.384. The van der Waals surface area contributed by atoms with Crippen molar-refractivity contribution in [2.24, 2.45) is 0 Å². The van der Waals surface area contributed by atoms with Crippen molar-refractivity contribution < 1.29 is 9.31 Å². The summed E-state index contributed by atoms with van der Waals surface area (Å²) in [6.45, 7) is 3.61. The molecule has 7 heteroatoms. The van der Waals surface area contributed by atoms with Gasteiger partial charge in [-0.25, -0.2) is 4.39 Å². The van der Waals surface area contributed by atoms with Gasteiger partial charge in [0.15, 0.2) is 0 Å². The zero-order chi connectivity index (χ0) is 14.7. The van der Waals surface area contributed by atoms with Crippen LogP contribution in [-0.4, -0.2) is 14.9 Å². The summed E-state index contributed by atoms with van der Waals surface area (Å²) in [4.78, 5) is 18.6. The van der Waals surface area contributed by atoms with Crippen molar-refractivity contribution in [2.75, 3.05) is 5.32 Å². The number of aryl methyl sites for hydroxylation is 1. The van der Waals surface area contributed by atoms with Crippen LogP contribution in [0, 0.1) is 22.9 Å². The largest absolute Gasteiger partial charge is 0.371 e. The summed E-state index contributed by atoms with van der Waals surface area (Å²) in [5.74, 6) is -0.648. The van der Waals surface area contributed by atoms with Gasteiger partial charge in [0.2, 0.25) is 0 Å². The van der Waals surface area contributed by atoms with Gasteiger partial charge in [0.05, 0.1) is 28.4 Å². The minimum absolute atomic E-state index is 0.244. The minimum atomic E-state index is -0.648. The fourth-order valence-electron chi connectivity index (χ4n) is 1.92. The molecular weight excluding hydrogens is 263 g/mol. The van der Waals surface area contributed by atoms with Crippen LogP contribution in [0.5, 0.6) is 0 Å². The first-order chi connectivity index (χ1) is 9.49. The zero-order valence-corrected chi connectivity index (χ0v) is 11.0. The molecule has 0 radical (unpaired) electrons. The Hall–Kier alpha value is -2.57. The van der Waals surface area contributed by atoms with Crippen LogP contribution in [0.25, 0.3) is 0 Å². The van der Waals surface area contributed by atoms with E-state index in [1.165, 1.54) is 12.1 Å². The van der Waals surface area contributed by atoms with E-state index in [9.17, 15) is 14.5 Å². The van der Waals surface area contributed by atoms with Crippen LogP contribution < -0.4 is 5.32 Å². The second-order valence-electron chi connectivity index (χ2n) is 4.31. The van der Waals surface area contributed by atoms with E-state index in [0.717, 1.165) is 11.8 Å². The normalized spacial score (nSPS) is 11.9. The first-order valence-corrected chi connectivity index (χ1v) is 5.97. The number of halogens is 1. The van der Waals surface area contributed by atoms with Crippen molar-refractivity contribution in [3.8, 4) is 0 Å². The van der Waals surface area contributed by atoms with Crippen molar-refractivity contribution in [3.05, 3.63) is 57.9 Å². The van der Waals surface area contributed by atoms with Gasteiger partial charge < -0.3 is 5.32 Å². The molecule has 0 aliphatic carbocycles. The second kappa shape index (κ2) is 5.60. The molecule has 0 saturated heterocycles. The lowest BCUT2D eigenvalue weighted by atomic mass is 10.1. The average Bonchev–Trinajstić information content (AvgIpc) is 2.41. The lowest BCUT2D eigenvalue weighted by Crippen LogP contribution is -2.12. The van der Waals surface area contributed by atoms with Gasteiger partial charge in [0.25, 0.3) is 5.69 Å². The molecule has 0 bridgehead atoms. The number of nitrogens with zero attached hydrogens (tertiary/aromatic N) is 3. The summed E-state index contributed by atoms with van der Waals surface area (Å²) in [6, 6.07) is 3.12. The first-order valence-electron chi connectivity index (χ1n) is 5.97. The van der Waals surface area contributed by atoms with Gasteiger partial charge in [-0.15, -0.1) is 0 Å². The number of nitro benzene ring substituents is 1. The fraction of sp³-hybridized carbons (Fsp3) is 0.231. The molecule has 2 aromatic rings. The number of nitro groups is 1. The van der Waals surface area contributed by atoms with E-state index in [1.807, 2.05) is 6.92 Å². The number of benzene rings is 1. The molecule has 0 fully saturated rings. The second-order valence-corrected chi connectivity index (χ2v) is 4.31. The third-order valence-corrected chi connectivity index (χ3v) is 2.86. The van der Waals surface area contributed by atoms with Crippen molar-refractivity contribution >= 4 is 11.4 Å². The van der Waals surface area contributed by atoms with Crippen LogP contribution in [0.4, 0.5) is 15.8 Å². The Morgan fingerprint density at radius 2 is 2.05 bits per heavy atom. The van der Waals surface area contributed by atoms with E-state index in [4.69, 9.17) is 0 Å². The molecule has 6 nitrogen and oxygen atoms in total. The molecule has 0 amide bonds. The molecule has 0 spiro atoms. The maximum atomic E-state index is 13.1. The van der Waals surface area contributed by atoms with E-state index in [-0.39, 0.29) is 17.4 Å². The summed E-state index contributed by atoms with van der Waals surface area (Å²) in [7, 11) is 0. The van der Waals surface area contributed by atoms with E-state index >= 15 is 0 Å². The molecule has 1 unspecified atom stereocenters. The van der Waals surface area contributed by atoms with Gasteiger partial charge >= 0.3 is 0 Å². The van der Waals surface area contributed by atoms with Gasteiger partial charge in [-0.3, -0.25) is 20.1 Å². The average molecular weight is 276 g/mol. The fourth-order valence-corrected chi connectivity index (χ4v) is 1.92. The molecule has 20 heavy (non-hydrogen) atoms. The highest BCUT2D eigenvalue weighted by Gasteiger charge is 2.18. The van der Waals surface area contributed by atoms with Gasteiger partial charge in [-0.2, -0.15) is 0 Å². The van der Waals surface area contributed by atoms with Crippen LogP contribution in [0.15, 0.2) is 30.6 Å². The predicted octanol–water partition coefficient (Wildman–Crippen LogP) is 3.01. The van der Waals surface area contributed by atoms with Crippen molar-refractivity contribution in [2.45, 2.75) is 19.9 Å². The Morgan fingerprint density at radius 3 is 2.70 bits per heavy atom. The van der Waals surface area contributed by atoms with Crippen LogP contribution in [0.3, 0.4) is 0 Å². The van der Waals surface area contributed by atoms with Gasteiger partial charge in [-0.1, -0.05) is 0 Å². The van der Waals surface area contributed by atoms with Crippen LogP contribution in [0.2, 0.25) is 0 Å². The molecule has 1 aromatic carbocycles. The highest BCUT2D eigenvalue weighted by atomic mass is 19.1. The van der Waals surface area contributed by atoms with E-state index in [0.29, 0.717) is 5.69 Å². The number of hydrogen-bond acceptors (Lipinski definition) is 5. The monoisotopic (exact) mass is 276 g/mol. The van der Waals surface area contributed by atoms with Crippen LogP contribution in [0.1, 0.15) is 24.4 Å². The molecule has 0 aliphatic heterocycles. The van der Waals surface area contributed by atoms with Crippen molar-refractivity contribution in [1.29, 1.82) is 0 Å². The third-order valence-electron chi connectivity index (χ3n) is 2.86. The number of aromatic nitrogens is 2. The van der Waals surface area contributed by atoms with Gasteiger partial charge in [-0.05, 0) is 26.0 Å². The van der Waals surface area contributed by atoms with Gasteiger partial charge in [0, 0.05) is 12.4 Å². The number of hydrogen-bond donors (Lipinski definition) is 1. The topological polar surface area (TPSA) is 81.0 Å². The Bertz CT molecular complexity index is 648. The molecule has 1 atom stereocenters. The molecule has 1 aromatic heterocycles. The third kappa shape index (κ3) is 2.87. The van der Waals surface area contributed by atoms with Crippen molar-refractivity contribution in [3.63, 3.8) is 0 Å². The molecule has 104 valence electrons. The van der Waals surface area contributed by atoms with Gasteiger partial charge in [0.1, 0.15) is 11.5 Å². The lowest BCUT2D eigenvalue weighted by Gasteiger charge is -2.16. The summed E-state index contributed by atoms with van der Waals surface area (Å²) in [5.41, 5.74) is 1.36. The highest BCUT2D eigenvalue weighted by molar-refractivity contribution is 5.62. The van der Waals surface area contributed by atoms with E-state index in [1.54, 1.807) is 19.3 Å². The molecule has 1 N–H and O–H groups in total. The standard InChI is InChI=1S/C13H13FN4O2/c1-8-13(16-6-5-15-8)9(2)17-11-4-3-10(14)7-12(11)18(19)20/h3-7,9,17H,1-2H3. The summed E-state index contributed by atoms with van der Waals surface area (Å²) >= 11 is 0. The zero-order valence-electron chi connectivity index (χ0n) is 11.0. The quantitative estimate of drug-likeness (QED) is 0.685. The van der Waals surface area contributed by atoms with Crippen molar-refractivity contribution in [1.82, 2.24) is 9.97 Å². The predicted molar refractivity (Wildman–Crippen MR) is 71.9 cm³/mol. The SMILES string of the molecule is Cc1nccnc1C(C)Nc1ccc(F)cc1[N+](=O)[O-]. The smallest absolute Gasteiger partial charge is 0.295 e. The number of anilines is 1. The summed E-state index contributed by atoms with van der Waals surface area (Å²) in [5, 5.41) is 13.9. The molecule has 0 saturated carbocycles. The molecular formula is C13H13FN4O2. The maximum absolute atomic E-state index is 13.1. The Kier molecular flexibility index (Phi) is 3.88. The maximum Gasteiger partial charge on any atom is 0.295 e. The Labute approximate surface area is 114 Å². The first kappa shape index (κ1) is 13.9. The number of nitrogens with one attached hydrogen (secondary N) is 1. The highest BCUT2D eigenvalue weighted by Crippen LogP contribution is 2.28. The van der Waals surface area contributed by atoms with E-state index in [2.05, 4.69) is 15.3 Å². The van der Waals surface area contributed by atoms with Crippen LogP contribution >= 0.6 is 0 Å². The van der Waals surface area contributed by atoms with Crippen LogP contribution in [-0.2, 0) is 0 Å². The molecule has 1 heterocycles. The summed E-state index contributed by atoms with van der Waals surface area (Å²) < 4.78 is 13.1. The minimum Gasteiger partial charge on any atom is -0.371 e. The molecule has 0 aliphatic rings. The molecule has 2 rings (SSSR count). The van der Waals surface area contributed by atoms with E-state index < -0.39 is 10.7 Å². The summed E-state index contributed by atoms with van der Waals surface area (Å²) in [6.07, 6.45) is 3.13. The Balaban J connectivity index is 2.31. The Morgan fingerprint density at radius 1 is 1.35 bits per heavy atom.